The predicted octanol–water partition coefficient (Wildman–Crippen LogP) is 2.24. The first-order valence-corrected chi connectivity index (χ1v) is 6.76. The van der Waals surface area contributed by atoms with Crippen LogP contribution in [0.2, 0.25) is 0 Å². The van der Waals surface area contributed by atoms with E-state index in [9.17, 15) is 0 Å². The summed E-state index contributed by atoms with van der Waals surface area (Å²) < 4.78 is 2.36. The predicted molar refractivity (Wildman–Crippen MR) is 66.8 cm³/mol. The molecule has 2 heterocycles. The Kier molecular flexibility index (Phi) is 2.51. The minimum Gasteiger partial charge on any atom is -0.312 e. The van der Waals surface area contributed by atoms with Crippen LogP contribution in [0.4, 0.5) is 0 Å². The van der Waals surface area contributed by atoms with Gasteiger partial charge in [0, 0.05) is 19.0 Å². The maximum atomic E-state index is 4.50. The lowest BCUT2D eigenvalue weighted by Crippen LogP contribution is -2.33. The van der Waals surface area contributed by atoms with Gasteiger partial charge in [0.15, 0.2) is 0 Å². The molecule has 4 heteroatoms. The first kappa shape index (κ1) is 11.2. The van der Waals surface area contributed by atoms with Gasteiger partial charge in [-0.1, -0.05) is 20.3 Å². The van der Waals surface area contributed by atoms with E-state index in [1.54, 1.807) is 0 Å². The van der Waals surface area contributed by atoms with Gasteiger partial charge in [0.1, 0.15) is 11.6 Å². The molecule has 0 amide bonds. The number of nitrogens with zero attached hydrogens (tertiary/aromatic N) is 3. The quantitative estimate of drug-likeness (QED) is 0.810. The molecule has 2 unspecified atom stereocenters. The smallest absolute Gasteiger partial charge is 0.149 e. The Morgan fingerprint density at radius 2 is 2.06 bits per heavy atom. The molecule has 4 nitrogen and oxygen atoms in total. The summed E-state index contributed by atoms with van der Waals surface area (Å²) in [6.45, 7) is 8.97. The van der Waals surface area contributed by atoms with Crippen LogP contribution in [0.25, 0.3) is 0 Å². The number of aromatic nitrogens is 3. The van der Waals surface area contributed by atoms with E-state index in [2.05, 4.69) is 40.9 Å². The van der Waals surface area contributed by atoms with E-state index in [0.29, 0.717) is 17.4 Å². The second-order valence-electron chi connectivity index (χ2n) is 6.18. The maximum absolute atomic E-state index is 4.50. The Bertz CT molecular complexity index is 421. The van der Waals surface area contributed by atoms with Crippen LogP contribution in [0.1, 0.15) is 63.6 Å². The van der Waals surface area contributed by atoms with Crippen LogP contribution in [0.5, 0.6) is 0 Å². The molecular weight excluding hydrogens is 212 g/mol. The van der Waals surface area contributed by atoms with Gasteiger partial charge in [0.25, 0.3) is 0 Å². The van der Waals surface area contributed by atoms with Crippen molar-refractivity contribution in [3.8, 4) is 0 Å². The zero-order valence-corrected chi connectivity index (χ0v) is 11.0. The van der Waals surface area contributed by atoms with E-state index in [1.807, 2.05) is 0 Å². The largest absolute Gasteiger partial charge is 0.312 e. The first-order chi connectivity index (χ1) is 8.09. The summed E-state index contributed by atoms with van der Waals surface area (Å²) in [5.41, 5.74) is 0.387. The van der Waals surface area contributed by atoms with Gasteiger partial charge >= 0.3 is 0 Å². The molecule has 2 aliphatic rings. The van der Waals surface area contributed by atoms with Crippen molar-refractivity contribution in [2.75, 3.05) is 6.54 Å². The molecule has 0 spiro atoms. The molecule has 1 aliphatic heterocycles. The van der Waals surface area contributed by atoms with Crippen LogP contribution >= 0.6 is 0 Å². The molecule has 1 saturated carbocycles. The molecule has 0 aromatic carbocycles. The zero-order chi connectivity index (χ0) is 12.0. The lowest BCUT2D eigenvalue weighted by atomic mass is 9.81. The fraction of sp³-hybridized carbons (Fsp3) is 0.846. The third-order valence-corrected chi connectivity index (χ3v) is 4.55. The van der Waals surface area contributed by atoms with E-state index >= 15 is 0 Å². The van der Waals surface area contributed by atoms with Crippen LogP contribution in [-0.4, -0.2) is 21.3 Å². The second-order valence-corrected chi connectivity index (χ2v) is 6.18. The summed E-state index contributed by atoms with van der Waals surface area (Å²) in [6.07, 6.45) is 3.91. The highest BCUT2D eigenvalue weighted by Crippen LogP contribution is 2.48. The highest BCUT2D eigenvalue weighted by molar-refractivity contribution is 5.12. The minimum atomic E-state index is 0.342. The Hall–Kier alpha value is -0.900. The van der Waals surface area contributed by atoms with Gasteiger partial charge < -0.3 is 9.88 Å². The van der Waals surface area contributed by atoms with Crippen molar-refractivity contribution in [2.24, 2.45) is 5.41 Å². The fourth-order valence-electron chi connectivity index (χ4n) is 3.42. The van der Waals surface area contributed by atoms with Gasteiger partial charge in [-0.25, -0.2) is 0 Å². The Balaban J connectivity index is 1.99. The van der Waals surface area contributed by atoms with E-state index in [0.717, 1.165) is 18.9 Å². The van der Waals surface area contributed by atoms with Crippen LogP contribution < -0.4 is 5.32 Å². The molecule has 3 rings (SSSR count). The summed E-state index contributed by atoms with van der Waals surface area (Å²) in [6, 6.07) is 0.342. The van der Waals surface area contributed by atoms with Crippen LogP contribution in [0.15, 0.2) is 0 Å². The minimum absolute atomic E-state index is 0.342. The van der Waals surface area contributed by atoms with Gasteiger partial charge in [0.05, 0.1) is 6.04 Å². The molecule has 1 aromatic rings. The Labute approximate surface area is 103 Å². The number of fused-ring (bicyclic) bond motifs is 1. The summed E-state index contributed by atoms with van der Waals surface area (Å²) >= 11 is 0. The molecule has 94 valence electrons. The summed E-state index contributed by atoms with van der Waals surface area (Å²) in [5, 5.41) is 12.3. The molecule has 0 bridgehead atoms. The van der Waals surface area contributed by atoms with Gasteiger partial charge in [0.2, 0.25) is 0 Å². The van der Waals surface area contributed by atoms with E-state index in [1.165, 1.54) is 25.1 Å². The van der Waals surface area contributed by atoms with Crippen molar-refractivity contribution >= 4 is 0 Å². The normalized spacial score (nSPS) is 31.5. The molecule has 1 aliphatic carbocycles. The molecule has 0 saturated heterocycles. The van der Waals surface area contributed by atoms with E-state index in [-0.39, 0.29) is 0 Å². The number of rotatable bonds is 1. The maximum Gasteiger partial charge on any atom is 0.149 e. The molecule has 1 N–H and O–H groups in total. The molecule has 17 heavy (non-hydrogen) atoms. The molecule has 1 fully saturated rings. The topological polar surface area (TPSA) is 42.7 Å². The second kappa shape index (κ2) is 3.80. The van der Waals surface area contributed by atoms with Gasteiger partial charge in [-0.2, -0.15) is 0 Å². The third kappa shape index (κ3) is 1.69. The summed E-state index contributed by atoms with van der Waals surface area (Å²) in [7, 11) is 0. The first-order valence-electron chi connectivity index (χ1n) is 6.76. The van der Waals surface area contributed by atoms with Crippen LogP contribution in [0.3, 0.4) is 0 Å². The SMILES string of the molecule is CC1NCCn2c1nnc2C1CCCC1(C)C. The van der Waals surface area contributed by atoms with E-state index in [4.69, 9.17) is 0 Å². The van der Waals surface area contributed by atoms with Gasteiger partial charge in [-0.05, 0) is 25.2 Å². The molecular formula is C13H22N4. The van der Waals surface area contributed by atoms with Crippen LogP contribution in [0, 0.1) is 5.41 Å². The molecule has 1 aromatic heterocycles. The lowest BCUT2D eigenvalue weighted by Gasteiger charge is -2.29. The highest BCUT2D eigenvalue weighted by atomic mass is 15.3. The number of hydrogen-bond acceptors (Lipinski definition) is 3. The van der Waals surface area contributed by atoms with Crippen molar-refractivity contribution in [1.29, 1.82) is 0 Å². The average Bonchev–Trinajstić information content (AvgIpc) is 2.82. The number of hydrogen-bond donors (Lipinski definition) is 1. The van der Waals surface area contributed by atoms with Crippen molar-refractivity contribution < 1.29 is 0 Å². The Morgan fingerprint density at radius 1 is 1.29 bits per heavy atom. The van der Waals surface area contributed by atoms with E-state index < -0.39 is 0 Å². The van der Waals surface area contributed by atoms with Crippen molar-refractivity contribution in [2.45, 2.75) is 58.5 Å². The van der Waals surface area contributed by atoms with Crippen LogP contribution in [-0.2, 0) is 6.54 Å². The third-order valence-electron chi connectivity index (χ3n) is 4.55. The van der Waals surface area contributed by atoms with Crippen molar-refractivity contribution in [3.05, 3.63) is 11.6 Å². The lowest BCUT2D eigenvalue weighted by molar-refractivity contribution is 0.308. The van der Waals surface area contributed by atoms with Crippen molar-refractivity contribution in [1.82, 2.24) is 20.1 Å². The van der Waals surface area contributed by atoms with Gasteiger partial charge in [-0.3, -0.25) is 0 Å². The van der Waals surface area contributed by atoms with Gasteiger partial charge in [-0.15, -0.1) is 10.2 Å². The fourth-order valence-corrected chi connectivity index (χ4v) is 3.42. The molecule has 0 radical (unpaired) electrons. The van der Waals surface area contributed by atoms with Crippen molar-refractivity contribution in [3.63, 3.8) is 0 Å². The monoisotopic (exact) mass is 234 g/mol. The highest BCUT2D eigenvalue weighted by Gasteiger charge is 2.39. The number of nitrogens with one attached hydrogen (secondary N) is 1. The average molecular weight is 234 g/mol. The standard InChI is InChI=1S/C13H22N4/c1-9-11-15-16-12(17(11)8-7-14-9)10-5-4-6-13(10,2)3/h9-10,14H,4-8H2,1-3H3. The Morgan fingerprint density at radius 3 is 2.76 bits per heavy atom. The zero-order valence-electron chi connectivity index (χ0n) is 11.0. The summed E-state index contributed by atoms with van der Waals surface area (Å²) in [4.78, 5) is 0. The summed E-state index contributed by atoms with van der Waals surface area (Å²) in [5.74, 6) is 2.94. The molecule has 2 atom stereocenters.